The van der Waals surface area contributed by atoms with E-state index in [1.807, 2.05) is 50.2 Å². The summed E-state index contributed by atoms with van der Waals surface area (Å²) in [4.78, 5) is 18.4. The van der Waals surface area contributed by atoms with E-state index in [1.165, 1.54) is 11.3 Å². The summed E-state index contributed by atoms with van der Waals surface area (Å²) in [6.07, 6.45) is -0.365. The molecule has 0 saturated carbocycles. The zero-order valence-corrected chi connectivity index (χ0v) is 15.0. The highest BCUT2D eigenvalue weighted by molar-refractivity contribution is 7.22. The Morgan fingerprint density at radius 1 is 1.29 bits per heavy atom. The molecule has 24 heavy (non-hydrogen) atoms. The van der Waals surface area contributed by atoms with E-state index in [4.69, 9.17) is 16.3 Å². The van der Waals surface area contributed by atoms with Crippen LogP contribution in [0.25, 0.3) is 10.2 Å². The lowest BCUT2D eigenvalue weighted by Gasteiger charge is -2.20. The number of halogens is 1. The van der Waals surface area contributed by atoms with Gasteiger partial charge < -0.3 is 9.64 Å². The van der Waals surface area contributed by atoms with Crippen LogP contribution in [0.2, 0.25) is 4.47 Å². The second-order valence-electron chi connectivity index (χ2n) is 5.42. The molecule has 0 bridgehead atoms. The zero-order chi connectivity index (χ0) is 17.1. The molecule has 0 fully saturated rings. The molecule has 0 saturated heterocycles. The highest BCUT2D eigenvalue weighted by atomic mass is 35.5. The predicted octanol–water partition coefficient (Wildman–Crippen LogP) is 5.28. The van der Waals surface area contributed by atoms with Crippen molar-refractivity contribution in [3.05, 3.63) is 58.1 Å². The number of amides is 1. The monoisotopic (exact) mass is 360 g/mol. The van der Waals surface area contributed by atoms with Gasteiger partial charge >= 0.3 is 6.09 Å². The van der Waals surface area contributed by atoms with Crippen molar-refractivity contribution in [1.29, 1.82) is 0 Å². The van der Waals surface area contributed by atoms with Crippen LogP contribution in [0.1, 0.15) is 18.1 Å². The highest BCUT2D eigenvalue weighted by Crippen LogP contribution is 2.31. The minimum absolute atomic E-state index is 0.365. The van der Waals surface area contributed by atoms with Gasteiger partial charge in [0.15, 0.2) is 4.47 Å². The van der Waals surface area contributed by atoms with Crippen molar-refractivity contribution in [3.8, 4) is 5.75 Å². The largest absolute Gasteiger partial charge is 0.415 e. The second kappa shape index (κ2) is 7.20. The van der Waals surface area contributed by atoms with Crippen molar-refractivity contribution in [1.82, 2.24) is 9.88 Å². The van der Waals surface area contributed by atoms with E-state index in [0.29, 0.717) is 23.3 Å². The lowest BCUT2D eigenvalue weighted by atomic mass is 10.2. The number of ether oxygens (including phenoxy) is 1. The summed E-state index contributed by atoms with van der Waals surface area (Å²) in [5.74, 6) is 0.511. The van der Waals surface area contributed by atoms with Crippen molar-refractivity contribution < 1.29 is 9.53 Å². The number of rotatable bonds is 4. The molecule has 1 amide bonds. The molecule has 0 radical (unpaired) electrons. The molecule has 0 unspecified atom stereocenters. The SMILES string of the molecule is CCN(Cc1ccccc1)C(=O)Oc1cc(C)c2nc(Cl)sc2c1. The third-order valence-corrected chi connectivity index (χ3v) is 4.80. The van der Waals surface area contributed by atoms with Gasteiger partial charge in [0.2, 0.25) is 0 Å². The summed E-state index contributed by atoms with van der Waals surface area (Å²) < 4.78 is 6.95. The predicted molar refractivity (Wildman–Crippen MR) is 97.9 cm³/mol. The Kier molecular flexibility index (Phi) is 5.02. The van der Waals surface area contributed by atoms with E-state index in [0.717, 1.165) is 21.3 Å². The molecule has 2 aromatic carbocycles. The smallest absolute Gasteiger partial charge is 0.410 e. The van der Waals surface area contributed by atoms with Gasteiger partial charge in [-0.1, -0.05) is 41.9 Å². The van der Waals surface area contributed by atoms with Crippen LogP contribution in [0.3, 0.4) is 0 Å². The first-order chi connectivity index (χ1) is 11.6. The van der Waals surface area contributed by atoms with Crippen LogP contribution in [-0.4, -0.2) is 22.5 Å². The third kappa shape index (κ3) is 3.68. The van der Waals surface area contributed by atoms with Gasteiger partial charge in [-0.3, -0.25) is 0 Å². The molecule has 0 N–H and O–H groups in total. The van der Waals surface area contributed by atoms with Crippen LogP contribution < -0.4 is 4.74 Å². The molecule has 0 atom stereocenters. The normalized spacial score (nSPS) is 10.8. The second-order valence-corrected chi connectivity index (χ2v) is 7.03. The Morgan fingerprint density at radius 2 is 2.04 bits per heavy atom. The van der Waals surface area contributed by atoms with E-state index in [9.17, 15) is 4.79 Å². The lowest BCUT2D eigenvalue weighted by Crippen LogP contribution is -2.32. The van der Waals surface area contributed by atoms with Crippen molar-refractivity contribution in [2.45, 2.75) is 20.4 Å². The standard InChI is InChI=1S/C18H17ClN2O2S/c1-3-21(11-13-7-5-4-6-8-13)18(22)23-14-9-12(2)16-15(10-14)24-17(19)20-16/h4-10H,3,11H2,1-2H3. The molecule has 3 rings (SSSR count). The Hall–Kier alpha value is -2.11. The van der Waals surface area contributed by atoms with Crippen LogP contribution in [0.15, 0.2) is 42.5 Å². The summed E-state index contributed by atoms with van der Waals surface area (Å²) >= 11 is 7.34. The van der Waals surface area contributed by atoms with Crippen molar-refractivity contribution in [2.24, 2.45) is 0 Å². The van der Waals surface area contributed by atoms with Gasteiger partial charge in [0.25, 0.3) is 0 Å². The first-order valence-corrected chi connectivity index (χ1v) is 8.83. The summed E-state index contributed by atoms with van der Waals surface area (Å²) in [6, 6.07) is 13.5. The first-order valence-electron chi connectivity index (χ1n) is 7.64. The van der Waals surface area contributed by atoms with Gasteiger partial charge in [0.1, 0.15) is 5.75 Å². The Morgan fingerprint density at radius 3 is 2.75 bits per heavy atom. The number of nitrogens with zero attached hydrogens (tertiary/aromatic N) is 2. The molecule has 1 aromatic heterocycles. The summed E-state index contributed by atoms with van der Waals surface area (Å²) in [5, 5.41) is 0. The fourth-order valence-corrected chi connectivity index (χ4v) is 3.60. The first kappa shape index (κ1) is 16.7. The molecule has 6 heteroatoms. The van der Waals surface area contributed by atoms with E-state index in [2.05, 4.69) is 4.98 Å². The third-order valence-electron chi connectivity index (χ3n) is 3.69. The van der Waals surface area contributed by atoms with E-state index < -0.39 is 0 Å². The maximum atomic E-state index is 12.5. The number of carbonyl (C=O) groups is 1. The average molecular weight is 361 g/mol. The van der Waals surface area contributed by atoms with Crippen molar-refractivity contribution in [2.75, 3.05) is 6.54 Å². The Labute approximate surface area is 149 Å². The van der Waals surface area contributed by atoms with Crippen LogP contribution in [0.5, 0.6) is 5.75 Å². The van der Waals surface area contributed by atoms with E-state index in [1.54, 1.807) is 11.0 Å². The Balaban J connectivity index is 1.77. The molecule has 0 aliphatic carbocycles. The summed E-state index contributed by atoms with van der Waals surface area (Å²) in [6.45, 7) is 4.95. The number of hydrogen-bond acceptors (Lipinski definition) is 4. The number of fused-ring (bicyclic) bond motifs is 1. The van der Waals surface area contributed by atoms with Gasteiger partial charge in [-0.15, -0.1) is 11.3 Å². The molecule has 0 aliphatic rings. The van der Waals surface area contributed by atoms with Crippen LogP contribution >= 0.6 is 22.9 Å². The minimum atomic E-state index is -0.365. The Bertz CT molecular complexity index is 864. The maximum absolute atomic E-state index is 12.5. The molecule has 3 aromatic rings. The minimum Gasteiger partial charge on any atom is -0.410 e. The number of hydrogen-bond donors (Lipinski definition) is 0. The number of aryl methyl sites for hydroxylation is 1. The fraction of sp³-hybridized carbons (Fsp3) is 0.222. The van der Waals surface area contributed by atoms with E-state index in [-0.39, 0.29) is 6.09 Å². The van der Waals surface area contributed by atoms with Crippen LogP contribution in [0.4, 0.5) is 4.79 Å². The maximum Gasteiger partial charge on any atom is 0.415 e. The number of carbonyl (C=O) groups excluding carboxylic acids is 1. The molecule has 0 spiro atoms. The number of aromatic nitrogens is 1. The zero-order valence-electron chi connectivity index (χ0n) is 13.5. The lowest BCUT2D eigenvalue weighted by molar-refractivity contribution is 0.152. The van der Waals surface area contributed by atoms with Gasteiger partial charge in [-0.05, 0) is 31.0 Å². The van der Waals surface area contributed by atoms with Crippen molar-refractivity contribution in [3.63, 3.8) is 0 Å². The van der Waals surface area contributed by atoms with Gasteiger partial charge in [0, 0.05) is 19.2 Å². The van der Waals surface area contributed by atoms with Crippen LogP contribution in [0, 0.1) is 6.92 Å². The molecular formula is C18H17ClN2O2S. The average Bonchev–Trinajstić information content (AvgIpc) is 2.94. The fourth-order valence-electron chi connectivity index (χ4n) is 2.47. The van der Waals surface area contributed by atoms with Crippen molar-refractivity contribution >= 4 is 39.2 Å². The summed E-state index contributed by atoms with van der Waals surface area (Å²) in [5.41, 5.74) is 2.85. The number of benzene rings is 2. The molecule has 1 heterocycles. The van der Waals surface area contributed by atoms with E-state index >= 15 is 0 Å². The molecule has 124 valence electrons. The molecule has 4 nitrogen and oxygen atoms in total. The molecule has 0 aliphatic heterocycles. The molecular weight excluding hydrogens is 344 g/mol. The highest BCUT2D eigenvalue weighted by Gasteiger charge is 2.16. The van der Waals surface area contributed by atoms with Gasteiger partial charge in [-0.25, -0.2) is 9.78 Å². The van der Waals surface area contributed by atoms with Gasteiger partial charge in [-0.2, -0.15) is 0 Å². The summed E-state index contributed by atoms with van der Waals surface area (Å²) in [7, 11) is 0. The van der Waals surface area contributed by atoms with Gasteiger partial charge in [0.05, 0.1) is 10.2 Å². The quantitative estimate of drug-likeness (QED) is 0.635. The number of thiazole rings is 1. The topological polar surface area (TPSA) is 42.4 Å². The van der Waals surface area contributed by atoms with Crippen LogP contribution in [-0.2, 0) is 6.54 Å².